The lowest BCUT2D eigenvalue weighted by Gasteiger charge is -3.07. The fraction of sp³-hybridized carbons (Fsp3) is 0.600. The van der Waals surface area contributed by atoms with Gasteiger partial charge in [-0.3, -0.25) is 0 Å². The van der Waals surface area contributed by atoms with Crippen LogP contribution >= 0.6 is 12.2 Å². The van der Waals surface area contributed by atoms with Gasteiger partial charge in [0.05, 0.1) is 6.42 Å². The van der Waals surface area contributed by atoms with Crippen molar-refractivity contribution in [3.8, 4) is 0 Å². The normalized spacial score (nSPS) is 55.7. The van der Waals surface area contributed by atoms with Gasteiger partial charge < -0.3 is 4.84 Å². The molecule has 0 aliphatic heterocycles. The van der Waals surface area contributed by atoms with Crippen LogP contribution in [0.4, 0.5) is 0 Å². The highest BCUT2D eigenvalue weighted by Crippen LogP contribution is 3.06. The second-order valence-corrected chi connectivity index (χ2v) is 7.42. The van der Waals surface area contributed by atoms with E-state index in [0.717, 1.165) is 41.4 Å². The standard InChI is InChI=1S/C15H13NO2S/c17-7(18-16-4-2-1-3-6(16)19)5-15-12-9-8-10(12)14(15)11(8)13(9)15/h1-4,8-14H,5H2. The zero-order valence-corrected chi connectivity index (χ0v) is 11.0. The summed E-state index contributed by atoms with van der Waals surface area (Å²) in [6.07, 6.45) is 2.33. The van der Waals surface area contributed by atoms with Gasteiger partial charge in [0.15, 0.2) is 0 Å². The molecule has 1 aromatic heterocycles. The minimum atomic E-state index is -0.0991. The van der Waals surface area contributed by atoms with Crippen molar-refractivity contribution in [1.29, 1.82) is 0 Å². The number of aromatic nitrogens is 1. The third-order valence-electron chi connectivity index (χ3n) is 7.12. The Hall–Kier alpha value is -1.16. The summed E-state index contributed by atoms with van der Waals surface area (Å²) in [5.74, 6) is 6.75. The highest BCUT2D eigenvalue weighted by atomic mass is 32.1. The van der Waals surface area contributed by atoms with Crippen molar-refractivity contribution >= 4 is 18.2 Å². The number of pyridine rings is 1. The molecule has 0 atom stereocenters. The van der Waals surface area contributed by atoms with Gasteiger partial charge in [0.2, 0.25) is 0 Å². The first-order chi connectivity index (χ1) is 9.25. The van der Waals surface area contributed by atoms with E-state index in [1.165, 1.54) is 4.73 Å². The third kappa shape index (κ3) is 0.699. The van der Waals surface area contributed by atoms with E-state index in [1.54, 1.807) is 12.3 Å². The van der Waals surface area contributed by atoms with Crippen LogP contribution < -0.4 is 4.84 Å². The molecule has 0 amide bonds. The van der Waals surface area contributed by atoms with Gasteiger partial charge in [-0.05, 0) is 59.0 Å². The number of rotatable bonds is 3. The molecule has 19 heavy (non-hydrogen) atoms. The van der Waals surface area contributed by atoms with E-state index >= 15 is 0 Å². The van der Waals surface area contributed by atoms with E-state index < -0.39 is 0 Å². The van der Waals surface area contributed by atoms with Crippen LogP contribution in [0.2, 0.25) is 0 Å². The molecule has 1 aromatic rings. The van der Waals surface area contributed by atoms with Crippen LogP contribution in [0.25, 0.3) is 0 Å². The molecule has 6 aliphatic carbocycles. The van der Waals surface area contributed by atoms with Crippen LogP contribution in [-0.2, 0) is 4.79 Å². The maximum absolute atomic E-state index is 12.2. The van der Waals surface area contributed by atoms with Gasteiger partial charge >= 0.3 is 5.97 Å². The van der Waals surface area contributed by atoms with Crippen molar-refractivity contribution in [2.75, 3.05) is 0 Å². The third-order valence-corrected chi connectivity index (χ3v) is 7.44. The average Bonchev–Trinajstić information content (AvgIpc) is 2.42. The molecular weight excluding hydrogens is 258 g/mol. The summed E-state index contributed by atoms with van der Waals surface area (Å²) in [5, 5.41) is 0. The van der Waals surface area contributed by atoms with Gasteiger partial charge in [-0.1, -0.05) is 18.3 Å². The molecule has 7 rings (SSSR count). The molecule has 0 bridgehead atoms. The van der Waals surface area contributed by atoms with Crippen molar-refractivity contribution < 1.29 is 9.63 Å². The first-order valence-corrected chi connectivity index (χ1v) is 7.55. The van der Waals surface area contributed by atoms with Crippen molar-refractivity contribution in [1.82, 2.24) is 4.73 Å². The molecular formula is C15H13NO2S. The Balaban J connectivity index is 1.23. The number of hydrogen-bond acceptors (Lipinski definition) is 3. The lowest BCUT2D eigenvalue weighted by molar-refractivity contribution is -0.613. The largest absolute Gasteiger partial charge is 0.336 e. The smallest absolute Gasteiger partial charge is 0.333 e. The van der Waals surface area contributed by atoms with E-state index in [2.05, 4.69) is 0 Å². The summed E-state index contributed by atoms with van der Waals surface area (Å²) in [6.45, 7) is 0. The van der Waals surface area contributed by atoms with E-state index in [9.17, 15) is 4.79 Å². The summed E-state index contributed by atoms with van der Waals surface area (Å²) in [6, 6.07) is 5.45. The summed E-state index contributed by atoms with van der Waals surface area (Å²) in [5.41, 5.74) is 0.392. The zero-order valence-electron chi connectivity index (χ0n) is 10.2. The number of carbonyl (C=O) groups excluding carboxylic acids is 1. The van der Waals surface area contributed by atoms with Crippen molar-refractivity contribution in [3.05, 3.63) is 29.0 Å². The van der Waals surface area contributed by atoms with Gasteiger partial charge in [0, 0.05) is 6.20 Å². The van der Waals surface area contributed by atoms with Gasteiger partial charge in [0.1, 0.15) is 4.64 Å². The molecule has 6 aliphatic rings. The Kier molecular flexibility index (Phi) is 1.29. The molecule has 3 nitrogen and oxygen atoms in total. The summed E-state index contributed by atoms with van der Waals surface area (Å²) < 4.78 is 1.96. The van der Waals surface area contributed by atoms with Crippen LogP contribution in [0.15, 0.2) is 24.4 Å². The predicted molar refractivity (Wildman–Crippen MR) is 68.3 cm³/mol. The fourth-order valence-electron chi connectivity index (χ4n) is 6.90. The molecule has 0 unspecified atom stereocenters. The second kappa shape index (κ2) is 2.53. The Morgan fingerprint density at radius 2 is 1.89 bits per heavy atom. The average molecular weight is 271 g/mol. The van der Waals surface area contributed by atoms with E-state index in [0.29, 0.717) is 16.5 Å². The van der Waals surface area contributed by atoms with E-state index in [-0.39, 0.29) is 5.97 Å². The van der Waals surface area contributed by atoms with Crippen molar-refractivity contribution in [2.45, 2.75) is 6.42 Å². The fourth-order valence-corrected chi connectivity index (χ4v) is 7.08. The molecule has 4 heteroatoms. The van der Waals surface area contributed by atoms with Gasteiger partial charge in [0.25, 0.3) is 0 Å². The zero-order chi connectivity index (χ0) is 12.5. The highest BCUT2D eigenvalue weighted by molar-refractivity contribution is 7.71. The molecule has 6 fully saturated rings. The van der Waals surface area contributed by atoms with Gasteiger partial charge in [-0.2, -0.15) is 4.73 Å². The topological polar surface area (TPSA) is 31.2 Å². The monoisotopic (exact) mass is 271 g/mol. The molecule has 96 valence electrons. The molecule has 0 radical (unpaired) electrons. The van der Waals surface area contributed by atoms with Crippen LogP contribution in [0.1, 0.15) is 6.42 Å². The van der Waals surface area contributed by atoms with Crippen LogP contribution in [0.3, 0.4) is 0 Å². The molecule has 0 aromatic carbocycles. The molecule has 0 spiro atoms. The molecule has 0 N–H and O–H groups in total. The first kappa shape index (κ1) is 9.70. The molecule has 0 saturated heterocycles. The predicted octanol–water partition coefficient (Wildman–Crippen LogP) is 1.93. The summed E-state index contributed by atoms with van der Waals surface area (Å²) in [4.78, 5) is 17.6. The van der Waals surface area contributed by atoms with Crippen LogP contribution in [0, 0.1) is 51.5 Å². The Morgan fingerprint density at radius 1 is 1.21 bits per heavy atom. The second-order valence-electron chi connectivity index (χ2n) is 7.00. The lowest BCUT2D eigenvalue weighted by Crippen LogP contribution is -3.05. The first-order valence-electron chi connectivity index (χ1n) is 7.14. The van der Waals surface area contributed by atoms with Crippen molar-refractivity contribution in [3.63, 3.8) is 0 Å². The molecule has 6 saturated carbocycles. The minimum absolute atomic E-state index is 0.0991. The quantitative estimate of drug-likeness (QED) is 0.787. The summed E-state index contributed by atoms with van der Waals surface area (Å²) >= 11 is 5.14. The van der Waals surface area contributed by atoms with Crippen LogP contribution in [0.5, 0.6) is 0 Å². The van der Waals surface area contributed by atoms with E-state index in [1.807, 2.05) is 12.1 Å². The van der Waals surface area contributed by atoms with Gasteiger partial charge in [-0.15, -0.1) is 0 Å². The number of carbonyl (C=O) groups is 1. The van der Waals surface area contributed by atoms with Crippen molar-refractivity contribution in [2.24, 2.45) is 46.8 Å². The Morgan fingerprint density at radius 3 is 2.53 bits per heavy atom. The number of hydrogen-bond donors (Lipinski definition) is 0. The number of nitrogens with zero attached hydrogens (tertiary/aromatic N) is 1. The van der Waals surface area contributed by atoms with Crippen LogP contribution in [-0.4, -0.2) is 10.7 Å². The summed E-state index contributed by atoms with van der Waals surface area (Å²) in [7, 11) is 0. The lowest BCUT2D eigenvalue weighted by atomic mass is 8.96. The maximum Gasteiger partial charge on any atom is 0.333 e. The maximum atomic E-state index is 12.2. The Labute approximate surface area is 115 Å². The SMILES string of the molecule is O=C(CC12C3C4C5C3C1C5C42)On1ccccc1=S. The highest BCUT2D eigenvalue weighted by Gasteiger charge is 3.04. The Bertz CT molecular complexity index is 657. The van der Waals surface area contributed by atoms with E-state index in [4.69, 9.17) is 17.1 Å². The molecule has 1 heterocycles. The van der Waals surface area contributed by atoms with Gasteiger partial charge in [-0.25, -0.2) is 4.79 Å². The minimum Gasteiger partial charge on any atom is -0.336 e.